The zero-order valence-corrected chi connectivity index (χ0v) is 11.4. The molecule has 1 N–H and O–H groups in total. The summed E-state index contributed by atoms with van der Waals surface area (Å²) in [6.07, 6.45) is -4.51. The molecule has 1 atom stereocenters. The molecule has 0 spiro atoms. The van der Waals surface area contributed by atoms with E-state index < -0.39 is 23.6 Å². The van der Waals surface area contributed by atoms with Gasteiger partial charge in [0.2, 0.25) is 0 Å². The highest BCUT2D eigenvalue weighted by Gasteiger charge is 2.32. The molecule has 2 aromatic rings. The fourth-order valence-corrected chi connectivity index (χ4v) is 1.94. The van der Waals surface area contributed by atoms with Crippen LogP contribution in [0.2, 0.25) is 0 Å². The maximum absolute atomic E-state index is 12.7. The molecular weight excluding hydrogens is 297 g/mol. The number of hydrogen-bond acceptors (Lipinski definition) is 2. The Morgan fingerprint density at radius 1 is 1.09 bits per heavy atom. The minimum Gasteiger partial charge on any atom is -0.492 e. The van der Waals surface area contributed by atoms with Gasteiger partial charge in [0, 0.05) is 0 Å². The number of carboxylic acid groups (broad SMARTS) is 1. The summed E-state index contributed by atoms with van der Waals surface area (Å²) in [5.74, 6) is -1.96. The van der Waals surface area contributed by atoms with E-state index >= 15 is 0 Å². The zero-order chi connectivity index (χ0) is 16.2. The van der Waals surface area contributed by atoms with Crippen molar-refractivity contribution in [2.45, 2.75) is 12.1 Å². The van der Waals surface area contributed by atoms with Crippen LogP contribution in [0.4, 0.5) is 13.2 Å². The summed E-state index contributed by atoms with van der Waals surface area (Å²) < 4.78 is 43.5. The third kappa shape index (κ3) is 4.00. The molecule has 0 fully saturated rings. The molecule has 0 aromatic heterocycles. The summed E-state index contributed by atoms with van der Waals surface area (Å²) >= 11 is 0. The van der Waals surface area contributed by atoms with Crippen molar-refractivity contribution in [2.75, 3.05) is 6.61 Å². The molecule has 0 aliphatic heterocycles. The minimum atomic E-state index is -4.51. The lowest BCUT2D eigenvalue weighted by atomic mass is 9.98. The summed E-state index contributed by atoms with van der Waals surface area (Å²) in [7, 11) is 0. The second-order valence-electron chi connectivity index (χ2n) is 4.64. The number of ether oxygens (including phenoxy) is 1. The number of hydrogen-bond donors (Lipinski definition) is 1. The summed E-state index contributed by atoms with van der Waals surface area (Å²) in [4.78, 5) is 11.3. The van der Waals surface area contributed by atoms with Gasteiger partial charge in [0.1, 0.15) is 18.3 Å². The average Bonchev–Trinajstić information content (AvgIpc) is 2.48. The second-order valence-corrected chi connectivity index (χ2v) is 4.64. The van der Waals surface area contributed by atoms with Crippen LogP contribution in [-0.4, -0.2) is 17.7 Å². The molecule has 22 heavy (non-hydrogen) atoms. The van der Waals surface area contributed by atoms with E-state index in [-0.39, 0.29) is 12.2 Å². The highest BCUT2D eigenvalue weighted by atomic mass is 19.4. The van der Waals surface area contributed by atoms with Crippen molar-refractivity contribution >= 4 is 5.97 Å². The normalized spacial score (nSPS) is 12.7. The molecular formula is C16H13F3O3. The maximum atomic E-state index is 12.7. The van der Waals surface area contributed by atoms with E-state index in [4.69, 9.17) is 4.74 Å². The lowest BCUT2D eigenvalue weighted by molar-refractivity contribution is -0.140. The number of alkyl halides is 3. The molecule has 0 aliphatic carbocycles. The molecule has 0 saturated carbocycles. The molecule has 0 saturated heterocycles. The molecule has 0 aliphatic rings. The average molecular weight is 310 g/mol. The van der Waals surface area contributed by atoms with Crippen LogP contribution in [0.3, 0.4) is 0 Å². The largest absolute Gasteiger partial charge is 0.492 e. The van der Waals surface area contributed by atoms with Gasteiger partial charge in [0.05, 0.1) is 5.56 Å². The highest BCUT2D eigenvalue weighted by molar-refractivity contribution is 5.76. The molecule has 6 heteroatoms. The van der Waals surface area contributed by atoms with E-state index in [0.717, 1.165) is 12.1 Å². The second kappa shape index (κ2) is 6.51. The molecule has 0 amide bonds. The van der Waals surface area contributed by atoms with Gasteiger partial charge in [-0.25, -0.2) is 0 Å². The number of para-hydroxylation sites is 1. The van der Waals surface area contributed by atoms with Gasteiger partial charge in [0.25, 0.3) is 0 Å². The van der Waals surface area contributed by atoms with E-state index in [9.17, 15) is 23.1 Å². The minimum absolute atomic E-state index is 0.0539. The van der Waals surface area contributed by atoms with Gasteiger partial charge in [-0.05, 0) is 23.8 Å². The highest BCUT2D eigenvalue weighted by Crippen LogP contribution is 2.31. The van der Waals surface area contributed by atoms with Crippen molar-refractivity contribution in [1.82, 2.24) is 0 Å². The van der Waals surface area contributed by atoms with Crippen LogP contribution in [-0.2, 0) is 11.0 Å². The van der Waals surface area contributed by atoms with Crippen LogP contribution in [0.25, 0.3) is 0 Å². The molecule has 2 aromatic carbocycles. The molecule has 0 heterocycles. The first-order chi connectivity index (χ1) is 10.4. The lowest BCUT2D eigenvalue weighted by Gasteiger charge is -2.16. The molecule has 2 rings (SSSR count). The Bertz CT molecular complexity index is 639. The number of benzene rings is 2. The zero-order valence-electron chi connectivity index (χ0n) is 11.4. The topological polar surface area (TPSA) is 46.5 Å². The fraction of sp³-hybridized carbons (Fsp3) is 0.188. The van der Waals surface area contributed by atoms with Crippen molar-refractivity contribution in [1.29, 1.82) is 0 Å². The third-order valence-electron chi connectivity index (χ3n) is 3.07. The third-order valence-corrected chi connectivity index (χ3v) is 3.07. The number of carboxylic acids is 1. The SMILES string of the molecule is O=C(O)C(COc1ccccc1)c1cccc(C(F)(F)F)c1. The summed E-state index contributed by atoms with van der Waals surface area (Å²) in [6, 6.07) is 12.8. The van der Waals surface area contributed by atoms with E-state index in [1.807, 2.05) is 0 Å². The number of rotatable bonds is 5. The first kappa shape index (κ1) is 15.9. The van der Waals surface area contributed by atoms with Gasteiger partial charge in [0.15, 0.2) is 0 Å². The van der Waals surface area contributed by atoms with Gasteiger partial charge in [-0.3, -0.25) is 4.79 Å². The smallest absolute Gasteiger partial charge is 0.416 e. The maximum Gasteiger partial charge on any atom is 0.416 e. The molecule has 0 bridgehead atoms. The van der Waals surface area contributed by atoms with Crippen molar-refractivity contribution < 1.29 is 27.8 Å². The van der Waals surface area contributed by atoms with Crippen LogP contribution in [0.15, 0.2) is 54.6 Å². The predicted molar refractivity (Wildman–Crippen MR) is 73.8 cm³/mol. The van der Waals surface area contributed by atoms with E-state index in [2.05, 4.69) is 0 Å². The van der Waals surface area contributed by atoms with Crippen molar-refractivity contribution in [2.24, 2.45) is 0 Å². The van der Waals surface area contributed by atoms with Crippen LogP contribution in [0.1, 0.15) is 17.0 Å². The number of carbonyl (C=O) groups is 1. The van der Waals surface area contributed by atoms with E-state index in [1.54, 1.807) is 30.3 Å². The Morgan fingerprint density at radius 3 is 2.36 bits per heavy atom. The monoisotopic (exact) mass is 310 g/mol. The molecule has 1 unspecified atom stereocenters. The summed E-state index contributed by atoms with van der Waals surface area (Å²) in [5.41, 5.74) is -0.825. The Kier molecular flexibility index (Phi) is 4.70. The predicted octanol–water partition coefficient (Wildman–Crippen LogP) is 3.95. The number of aliphatic carboxylic acids is 1. The fourth-order valence-electron chi connectivity index (χ4n) is 1.94. The van der Waals surface area contributed by atoms with Crippen LogP contribution >= 0.6 is 0 Å². The quantitative estimate of drug-likeness (QED) is 0.909. The molecule has 116 valence electrons. The Labute approximate surface area is 125 Å². The van der Waals surface area contributed by atoms with E-state index in [0.29, 0.717) is 5.75 Å². The first-order valence-electron chi connectivity index (χ1n) is 6.46. The van der Waals surface area contributed by atoms with Crippen molar-refractivity contribution in [3.63, 3.8) is 0 Å². The Hall–Kier alpha value is -2.50. The van der Waals surface area contributed by atoms with E-state index in [1.165, 1.54) is 12.1 Å². The van der Waals surface area contributed by atoms with Gasteiger partial charge in [-0.2, -0.15) is 13.2 Å². The Morgan fingerprint density at radius 2 is 1.77 bits per heavy atom. The summed E-state index contributed by atoms with van der Waals surface area (Å²) in [5, 5.41) is 9.24. The van der Waals surface area contributed by atoms with Crippen molar-refractivity contribution in [3.8, 4) is 5.75 Å². The Balaban J connectivity index is 2.20. The lowest BCUT2D eigenvalue weighted by Crippen LogP contribution is -2.20. The van der Waals surface area contributed by atoms with Crippen LogP contribution < -0.4 is 4.74 Å². The van der Waals surface area contributed by atoms with Gasteiger partial charge in [-0.1, -0.05) is 36.4 Å². The standard InChI is InChI=1S/C16H13F3O3/c17-16(18,19)12-6-4-5-11(9-12)14(15(20)21)10-22-13-7-2-1-3-8-13/h1-9,14H,10H2,(H,20,21). The van der Waals surface area contributed by atoms with Gasteiger partial charge >= 0.3 is 12.1 Å². The summed E-state index contributed by atoms with van der Waals surface area (Å²) in [6.45, 7) is -0.249. The number of halogens is 3. The first-order valence-corrected chi connectivity index (χ1v) is 6.46. The van der Waals surface area contributed by atoms with Crippen molar-refractivity contribution in [3.05, 3.63) is 65.7 Å². The molecule has 3 nitrogen and oxygen atoms in total. The van der Waals surface area contributed by atoms with Gasteiger partial charge in [-0.15, -0.1) is 0 Å². The van der Waals surface area contributed by atoms with Crippen LogP contribution in [0.5, 0.6) is 5.75 Å². The van der Waals surface area contributed by atoms with Gasteiger partial charge < -0.3 is 9.84 Å². The van der Waals surface area contributed by atoms with Crippen LogP contribution in [0, 0.1) is 0 Å². The molecule has 0 radical (unpaired) electrons.